The highest BCUT2D eigenvalue weighted by molar-refractivity contribution is 5.30. The van der Waals surface area contributed by atoms with Gasteiger partial charge in [-0.05, 0) is 18.8 Å². The molecule has 82 valence electrons. The van der Waals surface area contributed by atoms with E-state index in [0.29, 0.717) is 24.1 Å². The summed E-state index contributed by atoms with van der Waals surface area (Å²) in [5, 5.41) is 4.10. The first kappa shape index (κ1) is 10.0. The third-order valence-electron chi connectivity index (χ3n) is 2.47. The van der Waals surface area contributed by atoms with Crippen molar-refractivity contribution in [1.82, 2.24) is 9.78 Å². The van der Waals surface area contributed by atoms with Crippen LogP contribution in [0.2, 0.25) is 0 Å². The number of ether oxygens (including phenoxy) is 2. The molecular weight excluding hydrogens is 196 g/mol. The fourth-order valence-electron chi connectivity index (χ4n) is 1.42. The van der Waals surface area contributed by atoms with Crippen LogP contribution < -0.4 is 15.0 Å². The zero-order chi connectivity index (χ0) is 10.8. The highest BCUT2D eigenvalue weighted by atomic mass is 16.5. The van der Waals surface area contributed by atoms with Gasteiger partial charge in [-0.2, -0.15) is 0 Å². The second kappa shape index (κ2) is 3.92. The third-order valence-corrected chi connectivity index (χ3v) is 2.47. The normalized spacial score (nSPS) is 15.1. The van der Waals surface area contributed by atoms with Crippen molar-refractivity contribution in [2.45, 2.75) is 19.4 Å². The summed E-state index contributed by atoms with van der Waals surface area (Å²) in [6.45, 7) is 0.680. The van der Waals surface area contributed by atoms with E-state index in [9.17, 15) is 4.79 Å². The van der Waals surface area contributed by atoms with Crippen molar-refractivity contribution in [3.8, 4) is 11.6 Å². The van der Waals surface area contributed by atoms with Gasteiger partial charge in [-0.25, -0.2) is 4.68 Å². The van der Waals surface area contributed by atoms with E-state index in [1.54, 1.807) is 0 Å². The first-order valence-electron chi connectivity index (χ1n) is 4.94. The molecule has 5 heteroatoms. The predicted octanol–water partition coefficient (Wildman–Crippen LogP) is 0.671. The van der Waals surface area contributed by atoms with Crippen molar-refractivity contribution in [2.24, 2.45) is 5.92 Å². The van der Waals surface area contributed by atoms with Crippen molar-refractivity contribution in [1.29, 1.82) is 0 Å². The molecule has 0 saturated heterocycles. The predicted molar refractivity (Wildman–Crippen MR) is 54.3 cm³/mol. The summed E-state index contributed by atoms with van der Waals surface area (Å²) in [4.78, 5) is 11.6. The standard InChI is InChI=1S/C10H14N2O3/c1-14-8-5-9(13)12(6-7-3-4-7)11-10(8)15-2/h5,7H,3-4,6H2,1-2H3. The lowest BCUT2D eigenvalue weighted by atomic mass is 10.4. The molecule has 0 N–H and O–H groups in total. The van der Waals surface area contributed by atoms with Crippen LogP contribution in [0.4, 0.5) is 0 Å². The van der Waals surface area contributed by atoms with Gasteiger partial charge >= 0.3 is 0 Å². The van der Waals surface area contributed by atoms with E-state index in [-0.39, 0.29) is 5.56 Å². The summed E-state index contributed by atoms with van der Waals surface area (Å²) in [5.41, 5.74) is -0.139. The summed E-state index contributed by atoms with van der Waals surface area (Å²) in [6.07, 6.45) is 2.37. The molecule has 1 heterocycles. The molecule has 0 aliphatic heterocycles. The first-order valence-corrected chi connectivity index (χ1v) is 4.94. The monoisotopic (exact) mass is 210 g/mol. The number of rotatable bonds is 4. The molecule has 5 nitrogen and oxygen atoms in total. The van der Waals surface area contributed by atoms with Crippen LogP contribution in [0, 0.1) is 5.92 Å². The Morgan fingerprint density at radius 2 is 2.20 bits per heavy atom. The van der Waals surface area contributed by atoms with Gasteiger partial charge in [0.25, 0.3) is 11.4 Å². The molecule has 0 radical (unpaired) electrons. The molecule has 0 bridgehead atoms. The van der Waals surface area contributed by atoms with Crippen molar-refractivity contribution in [2.75, 3.05) is 14.2 Å². The van der Waals surface area contributed by atoms with E-state index < -0.39 is 0 Å². The van der Waals surface area contributed by atoms with Gasteiger partial charge in [0, 0.05) is 6.54 Å². The smallest absolute Gasteiger partial charge is 0.274 e. The highest BCUT2D eigenvalue weighted by Gasteiger charge is 2.23. The molecule has 0 spiro atoms. The van der Waals surface area contributed by atoms with Gasteiger partial charge in [-0.3, -0.25) is 4.79 Å². The Hall–Kier alpha value is -1.52. The summed E-state index contributed by atoms with van der Waals surface area (Å²) in [6, 6.07) is 1.41. The molecule has 0 unspecified atom stereocenters. The average molecular weight is 210 g/mol. The maximum Gasteiger partial charge on any atom is 0.274 e. The summed E-state index contributed by atoms with van der Waals surface area (Å²) in [7, 11) is 3.00. The largest absolute Gasteiger partial charge is 0.491 e. The van der Waals surface area contributed by atoms with Crippen molar-refractivity contribution < 1.29 is 9.47 Å². The van der Waals surface area contributed by atoms with Crippen LogP contribution in [0.15, 0.2) is 10.9 Å². The van der Waals surface area contributed by atoms with Gasteiger partial charge < -0.3 is 9.47 Å². The maximum absolute atomic E-state index is 11.6. The Balaban J connectivity index is 2.33. The minimum Gasteiger partial charge on any atom is -0.491 e. The number of aromatic nitrogens is 2. The van der Waals surface area contributed by atoms with Crippen LogP contribution in [0.25, 0.3) is 0 Å². The number of nitrogens with zero attached hydrogens (tertiary/aromatic N) is 2. The molecule has 1 saturated carbocycles. The van der Waals surface area contributed by atoms with Crippen molar-refractivity contribution >= 4 is 0 Å². The van der Waals surface area contributed by atoms with E-state index >= 15 is 0 Å². The van der Waals surface area contributed by atoms with E-state index in [4.69, 9.17) is 9.47 Å². The van der Waals surface area contributed by atoms with Crippen LogP contribution in [-0.4, -0.2) is 24.0 Å². The van der Waals surface area contributed by atoms with Gasteiger partial charge in [0.2, 0.25) is 0 Å². The Morgan fingerprint density at radius 1 is 1.47 bits per heavy atom. The average Bonchev–Trinajstić information content (AvgIpc) is 3.04. The molecular formula is C10H14N2O3. The third kappa shape index (κ3) is 2.11. The van der Waals surface area contributed by atoms with Gasteiger partial charge in [0.1, 0.15) is 0 Å². The van der Waals surface area contributed by atoms with Crippen LogP contribution in [-0.2, 0) is 6.54 Å². The van der Waals surface area contributed by atoms with Gasteiger partial charge in [0.15, 0.2) is 5.75 Å². The zero-order valence-electron chi connectivity index (χ0n) is 8.90. The Kier molecular flexibility index (Phi) is 2.62. The molecule has 1 aromatic rings. The second-order valence-electron chi connectivity index (χ2n) is 3.69. The summed E-state index contributed by atoms with van der Waals surface area (Å²) in [5.74, 6) is 1.35. The van der Waals surface area contributed by atoms with Crippen molar-refractivity contribution in [3.05, 3.63) is 16.4 Å². The van der Waals surface area contributed by atoms with Crippen LogP contribution in [0.3, 0.4) is 0 Å². The topological polar surface area (TPSA) is 53.4 Å². The van der Waals surface area contributed by atoms with Crippen LogP contribution in [0.5, 0.6) is 11.6 Å². The highest BCUT2D eigenvalue weighted by Crippen LogP contribution is 2.30. The first-order chi connectivity index (χ1) is 7.24. The minimum atomic E-state index is -0.139. The molecule has 0 amide bonds. The van der Waals surface area contributed by atoms with Crippen LogP contribution >= 0.6 is 0 Å². The number of methoxy groups -OCH3 is 2. The Bertz CT molecular complexity index is 410. The second-order valence-corrected chi connectivity index (χ2v) is 3.69. The molecule has 15 heavy (non-hydrogen) atoms. The molecule has 1 aromatic heterocycles. The van der Waals surface area contributed by atoms with Crippen molar-refractivity contribution in [3.63, 3.8) is 0 Å². The SMILES string of the molecule is COc1cc(=O)n(CC2CC2)nc1OC. The zero-order valence-corrected chi connectivity index (χ0v) is 8.90. The van der Waals surface area contributed by atoms with E-state index in [0.717, 1.165) is 0 Å². The quantitative estimate of drug-likeness (QED) is 0.733. The van der Waals surface area contributed by atoms with Gasteiger partial charge in [-0.15, -0.1) is 5.10 Å². The molecule has 2 rings (SSSR count). The summed E-state index contributed by atoms with van der Waals surface area (Å²) >= 11 is 0. The van der Waals surface area contributed by atoms with E-state index in [1.165, 1.54) is 37.8 Å². The number of hydrogen-bond donors (Lipinski definition) is 0. The molecule has 1 fully saturated rings. The molecule has 1 aliphatic rings. The fraction of sp³-hybridized carbons (Fsp3) is 0.600. The lowest BCUT2D eigenvalue weighted by molar-refractivity contribution is 0.324. The van der Waals surface area contributed by atoms with E-state index in [1.807, 2.05) is 0 Å². The lowest BCUT2D eigenvalue weighted by Crippen LogP contribution is -2.23. The van der Waals surface area contributed by atoms with Crippen LogP contribution in [0.1, 0.15) is 12.8 Å². The Morgan fingerprint density at radius 3 is 2.73 bits per heavy atom. The Labute approximate surface area is 87.6 Å². The summed E-state index contributed by atoms with van der Waals surface area (Å²) < 4.78 is 11.5. The number of hydrogen-bond acceptors (Lipinski definition) is 4. The van der Waals surface area contributed by atoms with E-state index in [2.05, 4.69) is 5.10 Å². The lowest BCUT2D eigenvalue weighted by Gasteiger charge is -2.08. The van der Waals surface area contributed by atoms with Gasteiger partial charge in [-0.1, -0.05) is 0 Å². The minimum absolute atomic E-state index is 0.139. The molecule has 0 atom stereocenters. The maximum atomic E-state index is 11.6. The molecule has 0 aromatic carbocycles. The molecule has 1 aliphatic carbocycles. The fourth-order valence-corrected chi connectivity index (χ4v) is 1.42. The van der Waals surface area contributed by atoms with Gasteiger partial charge in [0.05, 0.1) is 20.3 Å².